The quantitative estimate of drug-likeness (QED) is 0.450. The molecule has 0 saturated carbocycles. The van der Waals surface area contributed by atoms with E-state index in [0.29, 0.717) is 11.4 Å². The maximum atomic E-state index is 11.7. The summed E-state index contributed by atoms with van der Waals surface area (Å²) in [6.07, 6.45) is 0.266. The first-order chi connectivity index (χ1) is 11.1. The summed E-state index contributed by atoms with van der Waals surface area (Å²) in [6, 6.07) is 0. The first-order valence-corrected chi connectivity index (χ1v) is 8.57. The molecule has 0 bridgehead atoms. The number of aliphatic hydroxyl groups excluding tert-OH is 2. The molecule has 2 aromatic heterocycles. The normalized spacial score (nSPS) is 27.8. The number of hydrogen-bond acceptors (Lipinski definition) is 7. The third-order valence-corrected chi connectivity index (χ3v) is 4.94. The van der Waals surface area contributed by atoms with Crippen LogP contribution in [0.15, 0.2) is 17.4 Å². The van der Waals surface area contributed by atoms with E-state index >= 15 is 0 Å². The maximum absolute atomic E-state index is 11.7. The highest BCUT2D eigenvalue weighted by atomic mass is 32.2. The van der Waals surface area contributed by atoms with Gasteiger partial charge in [-0.15, -0.1) is 0 Å². The molecule has 3 rings (SSSR count). The third-order valence-electron chi connectivity index (χ3n) is 3.80. The summed E-state index contributed by atoms with van der Waals surface area (Å²) in [4.78, 5) is 22.2. The average molecular weight is 342 g/mol. The van der Waals surface area contributed by atoms with Crippen LogP contribution >= 0.6 is 11.8 Å². The van der Waals surface area contributed by atoms with Crippen LogP contribution in [-0.2, 0) is 4.74 Å². The molecule has 3 heterocycles. The molecular formula is C13H20N5O4S+. The molecule has 0 unspecified atom stereocenters. The molecule has 10 heteroatoms. The van der Waals surface area contributed by atoms with Gasteiger partial charge in [-0.25, -0.2) is 9.97 Å². The van der Waals surface area contributed by atoms with Crippen molar-refractivity contribution >= 4 is 22.9 Å². The molecule has 6 N–H and O–H groups in total. The van der Waals surface area contributed by atoms with Crippen LogP contribution < -0.4 is 11.3 Å². The Balaban J connectivity index is 1.77. The molecule has 1 saturated heterocycles. The minimum absolute atomic E-state index is 0.172. The van der Waals surface area contributed by atoms with E-state index in [2.05, 4.69) is 20.7 Å². The van der Waals surface area contributed by atoms with E-state index in [1.54, 1.807) is 11.8 Å². The van der Waals surface area contributed by atoms with Gasteiger partial charge in [-0.05, 0) is 5.75 Å². The number of ether oxygens (including phenoxy) is 1. The van der Waals surface area contributed by atoms with Gasteiger partial charge in [0.2, 0.25) is 0 Å². The number of imidazole rings is 1. The summed E-state index contributed by atoms with van der Waals surface area (Å²) in [7, 11) is 0. The van der Waals surface area contributed by atoms with Crippen molar-refractivity contribution in [3.05, 3.63) is 23.0 Å². The number of nitrogens with zero attached hydrogens (tertiary/aromatic N) is 3. The lowest BCUT2D eigenvalue weighted by Crippen LogP contribution is -2.50. The van der Waals surface area contributed by atoms with Crippen molar-refractivity contribution in [3.8, 4) is 0 Å². The number of aromatic amines is 1. The highest BCUT2D eigenvalue weighted by molar-refractivity contribution is 7.99. The zero-order valence-electron chi connectivity index (χ0n) is 12.5. The first-order valence-electron chi connectivity index (χ1n) is 7.42. The molecule has 126 valence electrons. The van der Waals surface area contributed by atoms with Crippen molar-refractivity contribution in [2.24, 2.45) is 0 Å². The van der Waals surface area contributed by atoms with E-state index in [0.717, 1.165) is 18.7 Å². The van der Waals surface area contributed by atoms with Crippen molar-refractivity contribution in [2.75, 3.05) is 18.1 Å². The summed E-state index contributed by atoms with van der Waals surface area (Å²) in [5.74, 6) is 1.51. The van der Waals surface area contributed by atoms with Crippen molar-refractivity contribution in [2.45, 2.75) is 31.0 Å². The second kappa shape index (κ2) is 6.97. The number of H-pyrrole nitrogens is 1. The van der Waals surface area contributed by atoms with Crippen LogP contribution in [0, 0.1) is 0 Å². The Morgan fingerprint density at radius 2 is 2.22 bits per heavy atom. The molecule has 0 amide bonds. The Morgan fingerprint density at radius 3 is 3.00 bits per heavy atom. The molecule has 0 radical (unpaired) electrons. The van der Waals surface area contributed by atoms with Gasteiger partial charge >= 0.3 is 0 Å². The second-order valence-corrected chi connectivity index (χ2v) is 6.53. The lowest BCUT2D eigenvalue weighted by Gasteiger charge is -2.16. The molecule has 1 aliphatic heterocycles. The number of nitrogens with one attached hydrogen (secondary N) is 1. The average Bonchev–Trinajstić information content (AvgIpc) is 3.09. The summed E-state index contributed by atoms with van der Waals surface area (Å²) < 4.78 is 7.28. The molecule has 1 fully saturated rings. The Hall–Kier alpha value is -1.46. The number of fused-ring (bicyclic) bond motifs is 1. The van der Waals surface area contributed by atoms with Crippen molar-refractivity contribution in [1.29, 1.82) is 0 Å². The van der Waals surface area contributed by atoms with Crippen molar-refractivity contribution < 1.29 is 20.7 Å². The summed E-state index contributed by atoms with van der Waals surface area (Å²) in [5, 5.41) is 20.5. The SMILES string of the molecule is [NH3+]CCCSC[C@H]1O[C@@H](n2cnc3c(=O)[nH]cnc32)[C@H](O)[C@@H]1O. The van der Waals surface area contributed by atoms with E-state index in [1.165, 1.54) is 17.2 Å². The predicted molar refractivity (Wildman–Crippen MR) is 83.8 cm³/mol. The van der Waals surface area contributed by atoms with Gasteiger partial charge in [0.25, 0.3) is 5.56 Å². The smallest absolute Gasteiger partial charge is 0.278 e. The van der Waals surface area contributed by atoms with Crippen LogP contribution in [0.25, 0.3) is 11.2 Å². The Morgan fingerprint density at radius 1 is 1.39 bits per heavy atom. The number of aliphatic hydroxyl groups is 2. The molecule has 0 aromatic carbocycles. The minimum atomic E-state index is -1.10. The number of rotatable bonds is 6. The Bertz CT molecular complexity index is 720. The van der Waals surface area contributed by atoms with Crippen LogP contribution in [-0.4, -0.2) is 66.1 Å². The van der Waals surface area contributed by atoms with Crippen LogP contribution in [0.2, 0.25) is 0 Å². The predicted octanol–water partition coefficient (Wildman–Crippen LogP) is -1.90. The van der Waals surface area contributed by atoms with E-state index in [1.807, 2.05) is 0 Å². The van der Waals surface area contributed by atoms with Crippen LogP contribution in [0.3, 0.4) is 0 Å². The van der Waals surface area contributed by atoms with E-state index in [4.69, 9.17) is 4.74 Å². The van der Waals surface area contributed by atoms with Crippen molar-refractivity contribution in [3.63, 3.8) is 0 Å². The van der Waals surface area contributed by atoms with Gasteiger partial charge in [-0.2, -0.15) is 11.8 Å². The van der Waals surface area contributed by atoms with Gasteiger partial charge in [0.15, 0.2) is 17.4 Å². The molecule has 1 aliphatic rings. The fourth-order valence-corrected chi connectivity index (χ4v) is 3.63. The molecule has 4 atom stereocenters. The van der Waals surface area contributed by atoms with Gasteiger partial charge in [-0.3, -0.25) is 9.36 Å². The van der Waals surface area contributed by atoms with Crippen LogP contribution in [0.4, 0.5) is 0 Å². The summed E-state index contributed by atoms with van der Waals surface area (Å²) in [5.41, 5.74) is 3.91. The summed E-state index contributed by atoms with van der Waals surface area (Å²) >= 11 is 1.65. The van der Waals surface area contributed by atoms with Crippen LogP contribution in [0.5, 0.6) is 0 Å². The number of thioether (sulfide) groups is 1. The van der Waals surface area contributed by atoms with Gasteiger partial charge in [-0.1, -0.05) is 0 Å². The monoisotopic (exact) mass is 342 g/mol. The molecule has 2 aromatic rings. The third kappa shape index (κ3) is 3.12. The van der Waals surface area contributed by atoms with Crippen molar-refractivity contribution in [1.82, 2.24) is 19.5 Å². The highest BCUT2D eigenvalue weighted by Crippen LogP contribution is 2.32. The van der Waals surface area contributed by atoms with E-state index in [9.17, 15) is 15.0 Å². The van der Waals surface area contributed by atoms with E-state index in [-0.39, 0.29) is 11.1 Å². The maximum Gasteiger partial charge on any atom is 0.278 e. The molecule has 23 heavy (non-hydrogen) atoms. The number of aromatic nitrogens is 4. The van der Waals surface area contributed by atoms with Gasteiger partial charge in [0.05, 0.1) is 25.3 Å². The topological polar surface area (TPSA) is 141 Å². The number of hydrogen-bond donors (Lipinski definition) is 4. The largest absolute Gasteiger partial charge is 0.387 e. The lowest BCUT2D eigenvalue weighted by atomic mass is 10.1. The van der Waals surface area contributed by atoms with Crippen LogP contribution in [0.1, 0.15) is 12.6 Å². The van der Waals surface area contributed by atoms with Gasteiger partial charge in [0, 0.05) is 12.2 Å². The lowest BCUT2D eigenvalue weighted by molar-refractivity contribution is -0.367. The second-order valence-electron chi connectivity index (χ2n) is 5.38. The minimum Gasteiger partial charge on any atom is -0.387 e. The van der Waals surface area contributed by atoms with E-state index < -0.39 is 24.5 Å². The number of quaternary nitrogens is 1. The first kappa shape index (κ1) is 16.4. The zero-order chi connectivity index (χ0) is 16.4. The molecule has 9 nitrogen and oxygen atoms in total. The van der Waals surface area contributed by atoms with Gasteiger partial charge in [0.1, 0.15) is 12.2 Å². The molecular weight excluding hydrogens is 322 g/mol. The zero-order valence-corrected chi connectivity index (χ0v) is 13.3. The summed E-state index contributed by atoms with van der Waals surface area (Å²) in [6.45, 7) is 0.869. The van der Waals surface area contributed by atoms with Gasteiger partial charge < -0.3 is 25.7 Å². The fraction of sp³-hybridized carbons (Fsp3) is 0.615. The standard InChI is InChI=1S/C13H19N5O4S/c14-2-1-3-23-4-7-9(19)10(20)13(22-7)18-6-17-8-11(18)15-5-16-12(8)21/h5-7,9-10,13,19-20H,1-4,14H2,(H,15,16,21)/p+1/t7-,9-,10-,13-/m1/s1. The Kier molecular flexibility index (Phi) is 4.97. The highest BCUT2D eigenvalue weighted by Gasteiger charge is 2.44. The molecule has 0 spiro atoms. The Labute approximate surface area is 135 Å². The molecule has 0 aliphatic carbocycles. The fourth-order valence-electron chi connectivity index (χ4n) is 2.55.